The highest BCUT2D eigenvalue weighted by molar-refractivity contribution is 5.03. The van der Waals surface area contributed by atoms with E-state index < -0.39 is 111 Å². The molecular formula is C24H49N5O12. The molecule has 2 heterocycles. The van der Waals surface area contributed by atoms with Crippen LogP contribution in [0, 0.1) is 0 Å². The average molecular weight is 600 g/mol. The van der Waals surface area contributed by atoms with Crippen LogP contribution < -0.4 is 27.8 Å². The van der Waals surface area contributed by atoms with E-state index in [2.05, 4.69) is 10.6 Å². The highest BCUT2D eigenvalue weighted by Gasteiger charge is 2.51. The quantitative estimate of drug-likeness (QED) is 0.0825. The number of nitrogens with one attached hydrogen (secondary N) is 2. The molecule has 242 valence electrons. The van der Waals surface area contributed by atoms with Gasteiger partial charge in [0.25, 0.3) is 0 Å². The number of hydrogen-bond donors (Lipinski definition) is 13. The summed E-state index contributed by atoms with van der Waals surface area (Å²) in [6.45, 7) is -0.681. The second kappa shape index (κ2) is 16.4. The van der Waals surface area contributed by atoms with Crippen molar-refractivity contribution in [3.05, 3.63) is 0 Å². The molecular weight excluding hydrogens is 550 g/mol. The van der Waals surface area contributed by atoms with Crippen LogP contribution in [0.2, 0.25) is 0 Å². The van der Waals surface area contributed by atoms with Crippen LogP contribution in [-0.4, -0.2) is 172 Å². The monoisotopic (exact) mass is 599 g/mol. The summed E-state index contributed by atoms with van der Waals surface area (Å²) in [5, 5.41) is 86.6. The van der Waals surface area contributed by atoms with E-state index in [0.29, 0.717) is 13.0 Å². The van der Waals surface area contributed by atoms with Crippen molar-refractivity contribution in [1.82, 2.24) is 10.6 Å². The summed E-state index contributed by atoms with van der Waals surface area (Å²) < 4.78 is 23.5. The first kappa shape index (κ1) is 34.8. The van der Waals surface area contributed by atoms with Crippen molar-refractivity contribution in [2.24, 2.45) is 17.2 Å². The number of aliphatic hydroxyl groups excluding tert-OH is 8. The number of hydrogen-bond acceptors (Lipinski definition) is 17. The molecule has 14 atom stereocenters. The Balaban J connectivity index is 1.77. The lowest BCUT2D eigenvalue weighted by atomic mass is 9.83. The van der Waals surface area contributed by atoms with Gasteiger partial charge >= 0.3 is 0 Å². The zero-order chi connectivity index (χ0) is 30.3. The third-order valence-electron chi connectivity index (χ3n) is 7.89. The van der Waals surface area contributed by atoms with Crippen LogP contribution in [-0.2, 0) is 18.9 Å². The zero-order valence-electron chi connectivity index (χ0n) is 23.0. The molecule has 17 heteroatoms. The lowest BCUT2D eigenvalue weighted by Gasteiger charge is -2.49. The van der Waals surface area contributed by atoms with Crippen molar-refractivity contribution in [3.63, 3.8) is 0 Å². The number of aliphatic hydroxyl groups is 8. The van der Waals surface area contributed by atoms with Crippen LogP contribution in [0.25, 0.3) is 0 Å². The molecule has 0 aromatic rings. The Morgan fingerprint density at radius 3 is 2.07 bits per heavy atom. The molecule has 0 aromatic carbocycles. The maximum Gasteiger partial charge on any atom is 0.186 e. The number of rotatable bonds is 14. The largest absolute Gasteiger partial charge is 0.396 e. The maximum absolute atomic E-state index is 11.5. The molecule has 0 unspecified atom stereocenters. The molecule has 0 aromatic heterocycles. The predicted octanol–water partition coefficient (Wildman–Crippen LogP) is -7.30. The zero-order valence-corrected chi connectivity index (χ0v) is 23.0. The summed E-state index contributed by atoms with van der Waals surface area (Å²) in [7, 11) is 0. The normalized spacial score (nSPS) is 43.9. The molecule has 17 nitrogen and oxygen atoms in total. The summed E-state index contributed by atoms with van der Waals surface area (Å²) in [5.74, 6) is 0. The lowest BCUT2D eigenvalue weighted by molar-refractivity contribution is -0.316. The average Bonchev–Trinajstić information content (AvgIpc) is 2.95. The molecule has 0 radical (unpaired) electrons. The summed E-state index contributed by atoms with van der Waals surface area (Å²) in [6, 6.07) is -4.35. The molecule has 2 saturated heterocycles. The predicted molar refractivity (Wildman–Crippen MR) is 141 cm³/mol. The van der Waals surface area contributed by atoms with Gasteiger partial charge in [0.1, 0.15) is 36.6 Å². The fourth-order valence-corrected chi connectivity index (χ4v) is 5.43. The molecule has 3 aliphatic rings. The molecule has 0 spiro atoms. The first-order valence-corrected chi connectivity index (χ1v) is 14.1. The minimum atomic E-state index is -1.53. The van der Waals surface area contributed by atoms with Gasteiger partial charge in [0.2, 0.25) is 0 Å². The fraction of sp³-hybridized carbons (Fsp3) is 1.00. The van der Waals surface area contributed by atoms with Crippen molar-refractivity contribution >= 4 is 0 Å². The molecule has 16 N–H and O–H groups in total. The van der Waals surface area contributed by atoms with Gasteiger partial charge in [-0.25, -0.2) is 0 Å². The molecule has 0 bridgehead atoms. The molecule has 3 fully saturated rings. The van der Waals surface area contributed by atoms with Crippen LogP contribution in [0.15, 0.2) is 0 Å². The SMILES string of the molecule is N[C@@H]1[C@@H](O)[C@@H](O[C@@H]2[C@@H](O)[C@H](O[C@H]3O[C@H](CNCCCO)[C@@H](O)C[C@H]3N)[C@@H](N)C[C@H]2NC(CO)CO)O[C@H](CO)[C@H]1O. The highest BCUT2D eigenvalue weighted by atomic mass is 16.7. The van der Waals surface area contributed by atoms with E-state index in [4.69, 9.17) is 41.3 Å². The Morgan fingerprint density at radius 2 is 1.44 bits per heavy atom. The van der Waals surface area contributed by atoms with Crippen LogP contribution >= 0.6 is 0 Å². The summed E-state index contributed by atoms with van der Waals surface area (Å²) >= 11 is 0. The van der Waals surface area contributed by atoms with Gasteiger partial charge in [0, 0.05) is 25.2 Å². The number of ether oxygens (including phenoxy) is 4. The third-order valence-corrected chi connectivity index (χ3v) is 7.89. The van der Waals surface area contributed by atoms with E-state index >= 15 is 0 Å². The van der Waals surface area contributed by atoms with Crippen molar-refractivity contribution < 1.29 is 59.8 Å². The summed E-state index contributed by atoms with van der Waals surface area (Å²) in [5.41, 5.74) is 18.5. The van der Waals surface area contributed by atoms with Crippen molar-refractivity contribution in [2.75, 3.05) is 39.5 Å². The molecule has 2 aliphatic heterocycles. The molecule has 1 aliphatic carbocycles. The molecule has 1 saturated carbocycles. The first-order valence-electron chi connectivity index (χ1n) is 14.1. The first-order chi connectivity index (χ1) is 19.6. The van der Waals surface area contributed by atoms with Gasteiger partial charge in [-0.05, 0) is 25.8 Å². The second-order valence-electron chi connectivity index (χ2n) is 11.0. The van der Waals surface area contributed by atoms with Gasteiger partial charge in [0.15, 0.2) is 12.6 Å². The van der Waals surface area contributed by atoms with E-state index in [1.807, 2.05) is 0 Å². The van der Waals surface area contributed by atoms with E-state index in [-0.39, 0.29) is 26.0 Å². The Labute approximate surface area is 238 Å². The summed E-state index contributed by atoms with van der Waals surface area (Å²) in [4.78, 5) is 0. The van der Waals surface area contributed by atoms with Crippen molar-refractivity contribution in [2.45, 2.75) is 111 Å². The van der Waals surface area contributed by atoms with Gasteiger partial charge in [-0.3, -0.25) is 0 Å². The molecule has 41 heavy (non-hydrogen) atoms. The van der Waals surface area contributed by atoms with Crippen LogP contribution in [0.1, 0.15) is 19.3 Å². The Bertz CT molecular complexity index is 758. The highest BCUT2D eigenvalue weighted by Crippen LogP contribution is 2.31. The minimum absolute atomic E-state index is 0.0156. The minimum Gasteiger partial charge on any atom is -0.396 e. The van der Waals surface area contributed by atoms with E-state index in [0.717, 1.165) is 0 Å². The molecule has 3 rings (SSSR count). The fourth-order valence-electron chi connectivity index (χ4n) is 5.43. The van der Waals surface area contributed by atoms with Gasteiger partial charge in [-0.2, -0.15) is 0 Å². The van der Waals surface area contributed by atoms with Gasteiger partial charge < -0.3 is 87.6 Å². The Hall–Kier alpha value is -0.680. The lowest BCUT2D eigenvalue weighted by Crippen LogP contribution is -2.69. The van der Waals surface area contributed by atoms with Crippen LogP contribution in [0.5, 0.6) is 0 Å². The van der Waals surface area contributed by atoms with E-state index in [1.165, 1.54) is 0 Å². The topological polar surface area (TPSA) is 301 Å². The van der Waals surface area contributed by atoms with Gasteiger partial charge in [-0.1, -0.05) is 0 Å². The summed E-state index contributed by atoms with van der Waals surface area (Å²) in [6.07, 6.45) is -11.1. The Morgan fingerprint density at radius 1 is 0.780 bits per heavy atom. The van der Waals surface area contributed by atoms with Crippen molar-refractivity contribution in [3.8, 4) is 0 Å². The van der Waals surface area contributed by atoms with Crippen LogP contribution in [0.4, 0.5) is 0 Å². The van der Waals surface area contributed by atoms with Gasteiger partial charge in [0.05, 0.1) is 50.2 Å². The second-order valence-corrected chi connectivity index (χ2v) is 11.0. The van der Waals surface area contributed by atoms with E-state index in [9.17, 15) is 35.7 Å². The maximum atomic E-state index is 11.5. The molecule has 0 amide bonds. The van der Waals surface area contributed by atoms with Crippen molar-refractivity contribution in [1.29, 1.82) is 0 Å². The van der Waals surface area contributed by atoms with E-state index in [1.54, 1.807) is 0 Å². The van der Waals surface area contributed by atoms with Gasteiger partial charge in [-0.15, -0.1) is 0 Å². The van der Waals surface area contributed by atoms with Crippen LogP contribution in [0.3, 0.4) is 0 Å². The Kier molecular flexibility index (Phi) is 13.9. The third kappa shape index (κ3) is 8.70. The number of nitrogens with two attached hydrogens (primary N) is 3. The smallest absolute Gasteiger partial charge is 0.186 e. The standard InChI is InChI=1S/C24H49N5O12/c25-11-4-13(29-10(7-31)8-32)22(41-24-19(36)17(27)18(35)16(9-33)39-24)20(37)21(11)40-23-12(26)5-14(34)15(38-23)6-28-2-1-3-30/h10-24,28-37H,1-9,25-27H2/t11-,12+,13+,14-,15+,16+,17-,18+,19+,20-,21+,22-,23+,24+/m0/s1.